The molecule has 1 amide bonds. The topological polar surface area (TPSA) is 59.2 Å². The molecular formula is C19H17N3O2. The van der Waals surface area contributed by atoms with E-state index in [1.165, 1.54) is 0 Å². The van der Waals surface area contributed by atoms with E-state index in [1.807, 2.05) is 61.5 Å². The van der Waals surface area contributed by atoms with Crippen molar-refractivity contribution in [3.8, 4) is 11.4 Å². The molecule has 1 aliphatic rings. The number of benzene rings is 2. The molecule has 1 aliphatic heterocycles. The van der Waals surface area contributed by atoms with Crippen molar-refractivity contribution >= 4 is 11.6 Å². The Bertz CT molecular complexity index is 873. The summed E-state index contributed by atoms with van der Waals surface area (Å²) in [6, 6.07) is 17.6. The minimum absolute atomic E-state index is 0.0667. The van der Waals surface area contributed by atoms with Crippen LogP contribution < -0.4 is 4.90 Å². The van der Waals surface area contributed by atoms with Gasteiger partial charge in [-0.25, -0.2) is 0 Å². The second kappa shape index (κ2) is 5.92. The van der Waals surface area contributed by atoms with Gasteiger partial charge in [0.25, 0.3) is 0 Å². The van der Waals surface area contributed by atoms with Crippen LogP contribution in [0.25, 0.3) is 11.4 Å². The maximum atomic E-state index is 12.3. The summed E-state index contributed by atoms with van der Waals surface area (Å²) < 4.78 is 5.45. The zero-order chi connectivity index (χ0) is 16.5. The highest BCUT2D eigenvalue weighted by Gasteiger charge is 2.35. The third kappa shape index (κ3) is 2.58. The van der Waals surface area contributed by atoms with E-state index in [-0.39, 0.29) is 11.8 Å². The molecule has 2 aromatic carbocycles. The van der Waals surface area contributed by atoms with Gasteiger partial charge in [0.15, 0.2) is 0 Å². The van der Waals surface area contributed by atoms with Gasteiger partial charge in [-0.3, -0.25) is 4.79 Å². The quantitative estimate of drug-likeness (QED) is 0.740. The Morgan fingerprint density at radius 2 is 1.83 bits per heavy atom. The van der Waals surface area contributed by atoms with Crippen molar-refractivity contribution in [2.45, 2.75) is 19.3 Å². The van der Waals surface area contributed by atoms with E-state index in [0.29, 0.717) is 24.7 Å². The van der Waals surface area contributed by atoms with Gasteiger partial charge in [-0.1, -0.05) is 47.6 Å². The number of hydrogen-bond acceptors (Lipinski definition) is 4. The zero-order valence-corrected chi connectivity index (χ0v) is 13.3. The fourth-order valence-electron chi connectivity index (χ4n) is 3.06. The van der Waals surface area contributed by atoms with E-state index in [0.717, 1.165) is 16.8 Å². The van der Waals surface area contributed by atoms with Crippen LogP contribution in [0.4, 0.5) is 5.69 Å². The first-order valence-electron chi connectivity index (χ1n) is 7.97. The normalized spacial score (nSPS) is 17.5. The summed E-state index contributed by atoms with van der Waals surface area (Å²) >= 11 is 0. The SMILES string of the molecule is Cc1ccccc1-c1noc([C@H]2CC(=O)N(c3ccccc3)C2)n1. The lowest BCUT2D eigenvalue weighted by atomic mass is 10.1. The van der Waals surface area contributed by atoms with E-state index < -0.39 is 0 Å². The van der Waals surface area contributed by atoms with Gasteiger partial charge in [-0.2, -0.15) is 4.98 Å². The van der Waals surface area contributed by atoms with Gasteiger partial charge in [-0.15, -0.1) is 0 Å². The molecule has 0 N–H and O–H groups in total. The van der Waals surface area contributed by atoms with E-state index in [9.17, 15) is 4.79 Å². The number of hydrogen-bond donors (Lipinski definition) is 0. The summed E-state index contributed by atoms with van der Waals surface area (Å²) in [5.74, 6) is 1.12. The molecule has 1 aromatic heterocycles. The third-order valence-corrected chi connectivity index (χ3v) is 4.37. The van der Waals surface area contributed by atoms with Crippen molar-refractivity contribution in [3.63, 3.8) is 0 Å². The molecular weight excluding hydrogens is 302 g/mol. The molecule has 0 spiro atoms. The van der Waals surface area contributed by atoms with Gasteiger partial charge in [0.1, 0.15) is 0 Å². The smallest absolute Gasteiger partial charge is 0.232 e. The first-order chi connectivity index (χ1) is 11.7. The molecule has 24 heavy (non-hydrogen) atoms. The van der Waals surface area contributed by atoms with Crippen LogP contribution in [-0.4, -0.2) is 22.6 Å². The number of aromatic nitrogens is 2. The number of aryl methyl sites for hydroxylation is 1. The molecule has 3 aromatic rings. The molecule has 0 unspecified atom stereocenters. The Kier molecular flexibility index (Phi) is 3.61. The Morgan fingerprint density at radius 3 is 2.62 bits per heavy atom. The van der Waals surface area contributed by atoms with Crippen molar-refractivity contribution in [3.05, 3.63) is 66.1 Å². The summed E-state index contributed by atoms with van der Waals surface area (Å²) in [5, 5.41) is 4.10. The van der Waals surface area contributed by atoms with Crippen LogP contribution in [0.2, 0.25) is 0 Å². The van der Waals surface area contributed by atoms with Gasteiger partial charge >= 0.3 is 0 Å². The lowest BCUT2D eigenvalue weighted by molar-refractivity contribution is -0.117. The van der Waals surface area contributed by atoms with E-state index in [4.69, 9.17) is 4.52 Å². The number of anilines is 1. The van der Waals surface area contributed by atoms with Gasteiger partial charge in [0, 0.05) is 24.2 Å². The molecule has 1 saturated heterocycles. The molecule has 2 heterocycles. The van der Waals surface area contributed by atoms with Gasteiger partial charge in [0.2, 0.25) is 17.6 Å². The van der Waals surface area contributed by atoms with Crippen LogP contribution in [0, 0.1) is 6.92 Å². The van der Waals surface area contributed by atoms with Crippen LogP contribution in [0.5, 0.6) is 0 Å². The molecule has 5 heteroatoms. The van der Waals surface area contributed by atoms with Crippen molar-refractivity contribution in [2.24, 2.45) is 0 Å². The summed E-state index contributed by atoms with van der Waals surface area (Å²) in [4.78, 5) is 18.6. The lowest BCUT2D eigenvalue weighted by Gasteiger charge is -2.15. The van der Waals surface area contributed by atoms with Crippen molar-refractivity contribution < 1.29 is 9.32 Å². The van der Waals surface area contributed by atoms with Crippen LogP contribution in [0.1, 0.15) is 23.8 Å². The van der Waals surface area contributed by atoms with Gasteiger partial charge in [0.05, 0.1) is 5.92 Å². The van der Waals surface area contributed by atoms with E-state index in [2.05, 4.69) is 10.1 Å². The molecule has 0 radical (unpaired) electrons. The largest absolute Gasteiger partial charge is 0.339 e. The highest BCUT2D eigenvalue weighted by molar-refractivity contribution is 5.96. The van der Waals surface area contributed by atoms with Crippen LogP contribution in [0.3, 0.4) is 0 Å². The molecule has 0 saturated carbocycles. The second-order valence-electron chi connectivity index (χ2n) is 6.01. The molecule has 5 nitrogen and oxygen atoms in total. The Morgan fingerprint density at radius 1 is 1.08 bits per heavy atom. The first kappa shape index (κ1) is 14.6. The number of rotatable bonds is 3. The monoisotopic (exact) mass is 319 g/mol. The highest BCUT2D eigenvalue weighted by Crippen LogP contribution is 2.32. The van der Waals surface area contributed by atoms with Crippen LogP contribution in [0.15, 0.2) is 59.1 Å². The van der Waals surface area contributed by atoms with Crippen molar-refractivity contribution in [2.75, 3.05) is 11.4 Å². The second-order valence-corrected chi connectivity index (χ2v) is 6.01. The predicted octanol–water partition coefficient (Wildman–Crippen LogP) is 3.57. The van der Waals surface area contributed by atoms with Crippen LogP contribution in [-0.2, 0) is 4.79 Å². The number of para-hydroxylation sites is 1. The minimum Gasteiger partial charge on any atom is -0.339 e. The molecule has 4 rings (SSSR count). The summed E-state index contributed by atoms with van der Waals surface area (Å²) in [7, 11) is 0. The Labute approximate surface area is 139 Å². The molecule has 0 aliphatic carbocycles. The number of nitrogens with zero attached hydrogens (tertiary/aromatic N) is 3. The van der Waals surface area contributed by atoms with Gasteiger partial charge < -0.3 is 9.42 Å². The van der Waals surface area contributed by atoms with E-state index in [1.54, 1.807) is 4.90 Å². The van der Waals surface area contributed by atoms with Crippen molar-refractivity contribution in [1.29, 1.82) is 0 Å². The maximum Gasteiger partial charge on any atom is 0.232 e. The summed E-state index contributed by atoms with van der Waals surface area (Å²) in [5.41, 5.74) is 2.96. The fraction of sp³-hybridized carbons (Fsp3) is 0.211. The standard InChI is InChI=1S/C19H17N3O2/c1-13-7-5-6-10-16(13)18-20-19(24-21-18)14-11-17(23)22(12-14)15-8-3-2-4-9-15/h2-10,14H,11-12H2,1H3/t14-/m0/s1. The molecule has 120 valence electrons. The van der Waals surface area contributed by atoms with Crippen LogP contribution >= 0.6 is 0 Å². The zero-order valence-electron chi connectivity index (χ0n) is 13.3. The lowest BCUT2D eigenvalue weighted by Crippen LogP contribution is -2.24. The summed E-state index contributed by atoms with van der Waals surface area (Å²) in [6.07, 6.45) is 0.393. The molecule has 1 atom stereocenters. The molecule has 0 bridgehead atoms. The highest BCUT2D eigenvalue weighted by atomic mass is 16.5. The number of carbonyl (C=O) groups excluding carboxylic acids is 1. The Balaban J connectivity index is 1.58. The Hall–Kier alpha value is -2.95. The molecule has 1 fully saturated rings. The van der Waals surface area contributed by atoms with Gasteiger partial charge in [-0.05, 0) is 24.6 Å². The average molecular weight is 319 g/mol. The average Bonchev–Trinajstić information content (AvgIpc) is 3.23. The minimum atomic E-state index is -0.0667. The third-order valence-electron chi connectivity index (χ3n) is 4.37. The number of amides is 1. The predicted molar refractivity (Wildman–Crippen MR) is 90.6 cm³/mol. The fourth-order valence-corrected chi connectivity index (χ4v) is 3.06. The summed E-state index contributed by atoms with van der Waals surface area (Å²) in [6.45, 7) is 2.58. The maximum absolute atomic E-state index is 12.3. The first-order valence-corrected chi connectivity index (χ1v) is 7.97. The van der Waals surface area contributed by atoms with Crippen molar-refractivity contribution in [1.82, 2.24) is 10.1 Å². The van der Waals surface area contributed by atoms with E-state index >= 15 is 0 Å². The number of carbonyl (C=O) groups is 1.